The lowest BCUT2D eigenvalue weighted by Crippen LogP contribution is -2.53. The molecule has 1 aromatic heterocycles. The minimum atomic E-state index is -0.357. The van der Waals surface area contributed by atoms with Crippen molar-refractivity contribution in [2.24, 2.45) is 0 Å². The molecule has 0 radical (unpaired) electrons. The highest BCUT2D eigenvalue weighted by atomic mass is 16.5. The third kappa shape index (κ3) is 2.29. The van der Waals surface area contributed by atoms with Gasteiger partial charge in [-0.3, -0.25) is 4.79 Å². The standard InChI is InChI=1S/C16H24N4O3/c1-23-16-6-5-11(21)10-12(16)19(9-7-16)15(22)14-18-17-13-4-2-3-8-20(13)14/h11-12,21H,2-10H2,1H3/t11-,12-,16+/m0/s1. The zero-order chi connectivity index (χ0) is 16.0. The van der Waals surface area contributed by atoms with E-state index in [4.69, 9.17) is 4.74 Å². The molecule has 0 spiro atoms. The fourth-order valence-electron chi connectivity index (χ4n) is 4.51. The average molecular weight is 320 g/mol. The minimum Gasteiger partial charge on any atom is -0.393 e. The van der Waals surface area contributed by atoms with E-state index in [-0.39, 0.29) is 23.7 Å². The fourth-order valence-corrected chi connectivity index (χ4v) is 4.51. The molecule has 1 N–H and O–H groups in total. The Hall–Kier alpha value is -1.47. The van der Waals surface area contributed by atoms with Gasteiger partial charge in [-0.15, -0.1) is 10.2 Å². The molecule has 7 nitrogen and oxygen atoms in total. The molecule has 0 bridgehead atoms. The van der Waals surface area contributed by atoms with Crippen molar-refractivity contribution in [3.05, 3.63) is 11.6 Å². The Morgan fingerprint density at radius 2 is 2.17 bits per heavy atom. The highest BCUT2D eigenvalue weighted by Crippen LogP contribution is 2.42. The number of nitrogens with zero attached hydrogens (tertiary/aromatic N) is 4. The van der Waals surface area contributed by atoms with Gasteiger partial charge >= 0.3 is 0 Å². The second-order valence-corrected chi connectivity index (χ2v) is 7.01. The first-order valence-corrected chi connectivity index (χ1v) is 8.61. The number of aryl methyl sites for hydroxylation is 1. The lowest BCUT2D eigenvalue weighted by molar-refractivity contribution is -0.0825. The summed E-state index contributed by atoms with van der Waals surface area (Å²) in [6, 6.07) is -0.0692. The lowest BCUT2D eigenvalue weighted by Gasteiger charge is -2.42. The van der Waals surface area contributed by atoms with Crippen LogP contribution in [0.25, 0.3) is 0 Å². The van der Waals surface area contributed by atoms with E-state index in [0.717, 1.165) is 50.9 Å². The maximum absolute atomic E-state index is 13.1. The molecule has 126 valence electrons. The smallest absolute Gasteiger partial charge is 0.292 e. The molecule has 0 unspecified atom stereocenters. The monoisotopic (exact) mass is 320 g/mol. The van der Waals surface area contributed by atoms with Gasteiger partial charge in [-0.1, -0.05) is 0 Å². The van der Waals surface area contributed by atoms with Crippen molar-refractivity contribution in [2.75, 3.05) is 13.7 Å². The van der Waals surface area contributed by atoms with E-state index in [9.17, 15) is 9.90 Å². The van der Waals surface area contributed by atoms with E-state index in [1.807, 2.05) is 9.47 Å². The van der Waals surface area contributed by atoms with Gasteiger partial charge in [0, 0.05) is 26.6 Å². The molecule has 2 fully saturated rings. The maximum atomic E-state index is 13.1. The molecule has 3 heterocycles. The number of hydrogen-bond donors (Lipinski definition) is 1. The van der Waals surface area contributed by atoms with Crippen LogP contribution < -0.4 is 0 Å². The summed E-state index contributed by atoms with van der Waals surface area (Å²) in [5.74, 6) is 1.30. The molecule has 1 saturated carbocycles. The number of methoxy groups -OCH3 is 1. The number of amides is 1. The van der Waals surface area contributed by atoms with Crippen LogP contribution >= 0.6 is 0 Å². The number of aliphatic hydroxyl groups excluding tert-OH is 1. The number of carbonyl (C=O) groups is 1. The number of likely N-dealkylation sites (tertiary alicyclic amines) is 1. The molecule has 4 rings (SSSR count). The van der Waals surface area contributed by atoms with Crippen LogP contribution in [0.15, 0.2) is 0 Å². The molecule has 0 aromatic carbocycles. The Labute approximate surface area is 135 Å². The zero-order valence-corrected chi connectivity index (χ0v) is 13.6. The van der Waals surface area contributed by atoms with Gasteiger partial charge in [0.1, 0.15) is 5.82 Å². The predicted octanol–water partition coefficient (Wildman–Crippen LogP) is 0.759. The number of aromatic nitrogens is 3. The Balaban J connectivity index is 1.62. The van der Waals surface area contributed by atoms with Gasteiger partial charge in [0.15, 0.2) is 0 Å². The second-order valence-electron chi connectivity index (χ2n) is 7.01. The van der Waals surface area contributed by atoms with Crippen LogP contribution in [0.3, 0.4) is 0 Å². The summed E-state index contributed by atoms with van der Waals surface area (Å²) in [6.07, 6.45) is 5.67. The predicted molar refractivity (Wildman–Crippen MR) is 82.0 cm³/mol. The van der Waals surface area contributed by atoms with Crippen molar-refractivity contribution in [3.63, 3.8) is 0 Å². The second kappa shape index (κ2) is 5.56. The summed E-state index contributed by atoms with van der Waals surface area (Å²) in [5.41, 5.74) is -0.306. The molecule has 2 aliphatic heterocycles. The van der Waals surface area contributed by atoms with E-state index in [1.165, 1.54) is 0 Å². The first-order chi connectivity index (χ1) is 11.1. The Morgan fingerprint density at radius 1 is 1.30 bits per heavy atom. The molecule has 1 amide bonds. The molecule has 3 aliphatic rings. The number of hydrogen-bond acceptors (Lipinski definition) is 5. The summed E-state index contributed by atoms with van der Waals surface area (Å²) in [6.45, 7) is 1.48. The zero-order valence-electron chi connectivity index (χ0n) is 13.6. The largest absolute Gasteiger partial charge is 0.393 e. The lowest BCUT2D eigenvalue weighted by atomic mass is 9.79. The average Bonchev–Trinajstić information content (AvgIpc) is 3.16. The topological polar surface area (TPSA) is 80.5 Å². The van der Waals surface area contributed by atoms with E-state index >= 15 is 0 Å². The molecule has 1 aromatic rings. The van der Waals surface area contributed by atoms with Gasteiger partial charge in [-0.25, -0.2) is 0 Å². The first kappa shape index (κ1) is 15.1. The Morgan fingerprint density at radius 3 is 3.00 bits per heavy atom. The van der Waals surface area contributed by atoms with Gasteiger partial charge in [0.05, 0.1) is 17.7 Å². The summed E-state index contributed by atoms with van der Waals surface area (Å²) >= 11 is 0. The van der Waals surface area contributed by atoms with Gasteiger partial charge in [-0.2, -0.15) is 0 Å². The molecular weight excluding hydrogens is 296 g/mol. The number of rotatable bonds is 2. The van der Waals surface area contributed by atoms with Gasteiger partial charge in [-0.05, 0) is 38.5 Å². The summed E-state index contributed by atoms with van der Waals surface area (Å²) in [4.78, 5) is 14.9. The van der Waals surface area contributed by atoms with Crippen LogP contribution in [0, 0.1) is 0 Å². The third-order valence-electron chi connectivity index (χ3n) is 5.87. The number of carbonyl (C=O) groups excluding carboxylic acids is 1. The first-order valence-electron chi connectivity index (χ1n) is 8.61. The molecule has 3 atom stereocenters. The highest BCUT2D eigenvalue weighted by molar-refractivity contribution is 5.91. The minimum absolute atomic E-state index is 0.0660. The Kier molecular flexibility index (Phi) is 3.65. The van der Waals surface area contributed by atoms with Crippen molar-refractivity contribution in [3.8, 4) is 0 Å². The van der Waals surface area contributed by atoms with Crippen molar-refractivity contribution in [1.82, 2.24) is 19.7 Å². The number of aliphatic hydroxyl groups is 1. The fraction of sp³-hybridized carbons (Fsp3) is 0.812. The van der Waals surface area contributed by atoms with Crippen LogP contribution in [0.4, 0.5) is 0 Å². The summed E-state index contributed by atoms with van der Waals surface area (Å²) < 4.78 is 7.78. The van der Waals surface area contributed by atoms with Crippen LogP contribution in [-0.4, -0.2) is 62.1 Å². The van der Waals surface area contributed by atoms with E-state index < -0.39 is 0 Å². The summed E-state index contributed by atoms with van der Waals surface area (Å²) in [5, 5.41) is 18.4. The number of ether oxygens (including phenoxy) is 1. The van der Waals surface area contributed by atoms with Crippen molar-refractivity contribution < 1.29 is 14.6 Å². The summed E-state index contributed by atoms with van der Waals surface area (Å²) in [7, 11) is 1.72. The van der Waals surface area contributed by atoms with Crippen molar-refractivity contribution >= 4 is 5.91 Å². The highest BCUT2D eigenvalue weighted by Gasteiger charge is 2.53. The van der Waals surface area contributed by atoms with Gasteiger partial charge in [0.2, 0.25) is 5.82 Å². The van der Waals surface area contributed by atoms with Gasteiger partial charge in [0.25, 0.3) is 5.91 Å². The van der Waals surface area contributed by atoms with E-state index in [1.54, 1.807) is 7.11 Å². The van der Waals surface area contributed by atoms with Crippen LogP contribution in [0.1, 0.15) is 55.0 Å². The number of fused-ring (bicyclic) bond motifs is 2. The normalized spacial score (nSPS) is 33.4. The van der Waals surface area contributed by atoms with E-state index in [2.05, 4.69) is 10.2 Å². The van der Waals surface area contributed by atoms with Crippen LogP contribution in [0.5, 0.6) is 0 Å². The Bertz CT molecular complexity index is 616. The quantitative estimate of drug-likeness (QED) is 0.870. The maximum Gasteiger partial charge on any atom is 0.292 e. The third-order valence-corrected chi connectivity index (χ3v) is 5.87. The van der Waals surface area contributed by atoms with Gasteiger partial charge < -0.3 is 19.3 Å². The molecule has 1 aliphatic carbocycles. The van der Waals surface area contributed by atoms with Crippen LogP contribution in [-0.2, 0) is 17.7 Å². The van der Waals surface area contributed by atoms with Crippen molar-refractivity contribution in [2.45, 2.75) is 69.2 Å². The molecule has 7 heteroatoms. The van der Waals surface area contributed by atoms with E-state index in [0.29, 0.717) is 18.8 Å². The molecule has 23 heavy (non-hydrogen) atoms. The van der Waals surface area contributed by atoms with Crippen LogP contribution in [0.2, 0.25) is 0 Å². The van der Waals surface area contributed by atoms with Crippen molar-refractivity contribution in [1.29, 1.82) is 0 Å². The SMILES string of the molecule is CO[C@@]12CC[C@H](O)C[C@@H]1N(C(=O)c1nnc3n1CCCC3)CC2. The molecular formula is C16H24N4O3. The molecule has 1 saturated heterocycles.